The molecule has 10 heteroatoms. The van der Waals surface area contributed by atoms with E-state index < -0.39 is 0 Å². The Morgan fingerprint density at radius 1 is 1.11 bits per heavy atom. The number of aromatic nitrogens is 3. The highest BCUT2D eigenvalue weighted by Crippen LogP contribution is 2.29. The molecular formula is C27H27ClN4O2S3. The minimum Gasteiger partial charge on any atom is -0.353 e. The molecule has 1 aliphatic rings. The fraction of sp³-hybridized carbons (Fsp3) is 0.333. The summed E-state index contributed by atoms with van der Waals surface area (Å²) < 4.78 is 4.39. The SMILES string of the molecule is Cc1ccc(-n2c(SCC(=O)NC3CCCCC3)nc3c(sc(=S)n3-c3ccc(Cl)c(C)c3)c2=O)cc1. The van der Waals surface area contributed by atoms with Gasteiger partial charge in [-0.05, 0) is 74.8 Å². The zero-order valence-corrected chi connectivity index (χ0v) is 23.8. The van der Waals surface area contributed by atoms with E-state index in [1.807, 2.05) is 60.9 Å². The third-order valence-electron chi connectivity index (χ3n) is 6.57. The maximum Gasteiger partial charge on any atom is 0.278 e. The summed E-state index contributed by atoms with van der Waals surface area (Å²) in [5.41, 5.74) is 3.77. The molecular weight excluding hydrogens is 544 g/mol. The lowest BCUT2D eigenvalue weighted by atomic mass is 9.95. The highest BCUT2D eigenvalue weighted by molar-refractivity contribution is 7.99. The van der Waals surface area contributed by atoms with Crippen LogP contribution in [0.25, 0.3) is 21.7 Å². The first-order valence-electron chi connectivity index (χ1n) is 12.3. The predicted octanol–water partition coefficient (Wildman–Crippen LogP) is 6.78. The van der Waals surface area contributed by atoms with E-state index in [4.69, 9.17) is 28.8 Å². The molecule has 4 aromatic rings. The van der Waals surface area contributed by atoms with Crippen molar-refractivity contribution < 1.29 is 4.79 Å². The first-order chi connectivity index (χ1) is 17.8. The van der Waals surface area contributed by atoms with Crippen LogP contribution in [-0.4, -0.2) is 31.8 Å². The van der Waals surface area contributed by atoms with Gasteiger partial charge in [0, 0.05) is 16.8 Å². The molecule has 0 saturated heterocycles. The summed E-state index contributed by atoms with van der Waals surface area (Å²) in [4.78, 5) is 31.6. The molecule has 1 N–H and O–H groups in total. The summed E-state index contributed by atoms with van der Waals surface area (Å²) in [5.74, 6) is 0.128. The number of thioether (sulfide) groups is 1. The van der Waals surface area contributed by atoms with Crippen LogP contribution in [0.3, 0.4) is 0 Å². The number of hydrogen-bond acceptors (Lipinski definition) is 6. The van der Waals surface area contributed by atoms with E-state index in [9.17, 15) is 9.59 Å². The molecule has 2 heterocycles. The van der Waals surface area contributed by atoms with Gasteiger partial charge in [0.25, 0.3) is 5.56 Å². The quantitative estimate of drug-likeness (QED) is 0.157. The Hall–Kier alpha value is -2.46. The van der Waals surface area contributed by atoms with Gasteiger partial charge in [0.1, 0.15) is 4.70 Å². The fourth-order valence-electron chi connectivity index (χ4n) is 4.60. The predicted molar refractivity (Wildman–Crippen MR) is 156 cm³/mol. The first-order valence-corrected chi connectivity index (χ1v) is 14.8. The summed E-state index contributed by atoms with van der Waals surface area (Å²) in [6.07, 6.45) is 5.56. The van der Waals surface area contributed by atoms with E-state index in [1.54, 1.807) is 4.57 Å². The third kappa shape index (κ3) is 5.55. The fourth-order valence-corrected chi connectivity index (χ4v) is 6.83. The Morgan fingerprint density at radius 3 is 2.51 bits per heavy atom. The molecule has 0 aliphatic heterocycles. The Labute approximate surface area is 233 Å². The number of amides is 1. The number of benzene rings is 2. The van der Waals surface area contributed by atoms with Crippen molar-refractivity contribution in [1.82, 2.24) is 19.4 Å². The largest absolute Gasteiger partial charge is 0.353 e. The number of thiazole rings is 1. The molecule has 1 aliphatic carbocycles. The highest BCUT2D eigenvalue weighted by Gasteiger charge is 2.21. The number of aryl methyl sites for hydroxylation is 2. The number of rotatable bonds is 6. The van der Waals surface area contributed by atoms with Crippen molar-refractivity contribution in [3.8, 4) is 11.4 Å². The molecule has 0 atom stereocenters. The van der Waals surface area contributed by atoms with Gasteiger partial charge in [0.15, 0.2) is 14.8 Å². The second-order valence-corrected chi connectivity index (χ2v) is 12.3. The van der Waals surface area contributed by atoms with E-state index in [1.165, 1.54) is 29.5 Å². The molecule has 0 bridgehead atoms. The molecule has 0 spiro atoms. The zero-order chi connectivity index (χ0) is 26.1. The number of carbonyl (C=O) groups excluding carboxylic acids is 1. The van der Waals surface area contributed by atoms with Crippen LogP contribution in [0.5, 0.6) is 0 Å². The van der Waals surface area contributed by atoms with Crippen molar-refractivity contribution in [1.29, 1.82) is 0 Å². The molecule has 1 fully saturated rings. The molecule has 0 unspecified atom stereocenters. The van der Waals surface area contributed by atoms with Crippen molar-refractivity contribution in [3.63, 3.8) is 0 Å². The monoisotopic (exact) mass is 570 g/mol. The lowest BCUT2D eigenvalue weighted by Gasteiger charge is -2.22. The van der Waals surface area contributed by atoms with E-state index in [2.05, 4.69) is 5.32 Å². The molecule has 1 saturated carbocycles. The average molecular weight is 571 g/mol. The summed E-state index contributed by atoms with van der Waals surface area (Å²) in [7, 11) is 0. The molecule has 192 valence electrons. The highest BCUT2D eigenvalue weighted by atomic mass is 35.5. The van der Waals surface area contributed by atoms with Gasteiger partial charge in [0.05, 0.1) is 11.4 Å². The number of fused-ring (bicyclic) bond motifs is 1. The van der Waals surface area contributed by atoms with Crippen LogP contribution in [0.4, 0.5) is 0 Å². The van der Waals surface area contributed by atoms with Crippen molar-refractivity contribution in [2.45, 2.75) is 57.1 Å². The smallest absolute Gasteiger partial charge is 0.278 e. The Kier molecular flexibility index (Phi) is 7.85. The lowest BCUT2D eigenvalue weighted by molar-refractivity contribution is -0.119. The van der Waals surface area contributed by atoms with Crippen molar-refractivity contribution in [3.05, 3.63) is 72.9 Å². The molecule has 2 aromatic carbocycles. The minimum absolute atomic E-state index is 0.0443. The van der Waals surface area contributed by atoms with Crippen LogP contribution in [0.1, 0.15) is 43.2 Å². The Morgan fingerprint density at radius 2 is 1.81 bits per heavy atom. The van der Waals surface area contributed by atoms with Gasteiger partial charge in [-0.25, -0.2) is 4.98 Å². The van der Waals surface area contributed by atoms with Gasteiger partial charge < -0.3 is 5.32 Å². The zero-order valence-electron chi connectivity index (χ0n) is 20.6. The van der Waals surface area contributed by atoms with Gasteiger partial charge in [-0.3, -0.25) is 18.7 Å². The van der Waals surface area contributed by atoms with Gasteiger partial charge in [-0.15, -0.1) is 0 Å². The molecule has 1 amide bonds. The van der Waals surface area contributed by atoms with Gasteiger partial charge in [0.2, 0.25) is 5.91 Å². The second kappa shape index (κ2) is 11.1. The van der Waals surface area contributed by atoms with Crippen LogP contribution < -0.4 is 10.9 Å². The Bertz CT molecular complexity index is 1580. The molecule has 5 rings (SSSR count). The summed E-state index contributed by atoms with van der Waals surface area (Å²) in [6, 6.07) is 13.6. The van der Waals surface area contributed by atoms with Gasteiger partial charge in [-0.2, -0.15) is 0 Å². The van der Waals surface area contributed by atoms with E-state index >= 15 is 0 Å². The van der Waals surface area contributed by atoms with Crippen LogP contribution >= 0.6 is 46.9 Å². The minimum atomic E-state index is -0.204. The number of nitrogens with zero attached hydrogens (tertiary/aromatic N) is 3. The average Bonchev–Trinajstić information content (AvgIpc) is 3.22. The third-order valence-corrected chi connectivity index (χ3v) is 9.29. The standard InChI is InChI=1S/C27H27ClN4O2S3/c1-16-8-10-19(11-9-16)32-25(34)23-24(31(27(35)37-23)20-12-13-21(28)17(2)14-20)30-26(32)36-15-22(33)29-18-6-4-3-5-7-18/h8-14,18H,3-7,15H2,1-2H3,(H,29,33). The van der Waals surface area contributed by atoms with Crippen LogP contribution in [0.15, 0.2) is 52.4 Å². The lowest BCUT2D eigenvalue weighted by Crippen LogP contribution is -2.37. The second-order valence-electron chi connectivity index (χ2n) is 9.35. The topological polar surface area (TPSA) is 68.9 Å². The van der Waals surface area contributed by atoms with Gasteiger partial charge in [-0.1, -0.05) is 71.7 Å². The number of halogens is 1. The van der Waals surface area contributed by atoms with Crippen LogP contribution in [-0.2, 0) is 4.79 Å². The number of hydrogen-bond donors (Lipinski definition) is 1. The summed E-state index contributed by atoms with van der Waals surface area (Å²) in [6.45, 7) is 3.92. The number of nitrogens with one attached hydrogen (secondary N) is 1. The van der Waals surface area contributed by atoms with Crippen molar-refractivity contribution in [2.24, 2.45) is 0 Å². The summed E-state index contributed by atoms with van der Waals surface area (Å²) >= 11 is 14.4. The molecule has 6 nitrogen and oxygen atoms in total. The maximum atomic E-state index is 13.9. The molecule has 37 heavy (non-hydrogen) atoms. The van der Waals surface area contributed by atoms with Crippen LogP contribution in [0, 0.1) is 17.8 Å². The first kappa shape index (κ1) is 26.2. The maximum absolute atomic E-state index is 13.9. The van der Waals surface area contributed by atoms with Crippen molar-refractivity contribution >= 4 is 63.2 Å². The number of carbonyl (C=O) groups is 1. The van der Waals surface area contributed by atoms with Crippen molar-refractivity contribution in [2.75, 3.05) is 5.75 Å². The Balaban J connectivity index is 1.59. The normalized spacial score (nSPS) is 14.2. The van der Waals surface area contributed by atoms with E-state index in [0.29, 0.717) is 30.2 Å². The van der Waals surface area contributed by atoms with Gasteiger partial charge >= 0.3 is 0 Å². The summed E-state index contributed by atoms with van der Waals surface area (Å²) in [5, 5.41) is 4.26. The molecule has 2 aromatic heterocycles. The van der Waals surface area contributed by atoms with Crippen LogP contribution in [0.2, 0.25) is 5.02 Å². The molecule has 0 radical (unpaired) electrons. The van der Waals surface area contributed by atoms with E-state index in [0.717, 1.165) is 42.5 Å². The van der Waals surface area contributed by atoms with E-state index in [-0.39, 0.29) is 23.3 Å².